The molecule has 0 saturated heterocycles. The smallest absolute Gasteiger partial charge is 0.383 e. The Morgan fingerprint density at radius 1 is 1.22 bits per heavy atom. The lowest BCUT2D eigenvalue weighted by atomic mass is 10.1. The predicted octanol–water partition coefficient (Wildman–Crippen LogP) is 5.11. The number of nitrogens with two attached hydrogens (primary N) is 1. The van der Waals surface area contributed by atoms with Crippen molar-refractivity contribution in [3.63, 3.8) is 0 Å². The Bertz CT molecular complexity index is 1630. The van der Waals surface area contributed by atoms with Crippen molar-refractivity contribution in [3.8, 4) is 5.69 Å². The largest absolute Gasteiger partial charge is 0.434 e. The number of carbonyl (C=O) groups excluding carboxylic acids is 1. The summed E-state index contributed by atoms with van der Waals surface area (Å²) in [5.74, 6) is -0.662. The zero-order valence-electron chi connectivity index (χ0n) is 19.3. The van der Waals surface area contributed by atoms with Crippen LogP contribution >= 0.6 is 11.6 Å². The number of hydrogen-bond donors (Lipinski definition) is 2. The quantitative estimate of drug-likeness (QED) is 0.356. The molecule has 10 nitrogen and oxygen atoms in total. The lowest BCUT2D eigenvalue weighted by molar-refractivity contribution is -0.517. The Labute approximate surface area is 212 Å². The highest BCUT2D eigenvalue weighted by atomic mass is 35.5. The number of nitrogens with zero attached hydrogens (tertiary/aromatic N) is 7. The van der Waals surface area contributed by atoms with Gasteiger partial charge in [0.15, 0.2) is 11.4 Å². The number of carbonyl (C=O) groups is 1. The molecule has 1 aliphatic heterocycles. The molecule has 0 bridgehead atoms. The maximum absolute atomic E-state index is 14.3. The Hall–Kier alpha value is -4.39. The normalized spacial score (nSPS) is 15.3. The van der Waals surface area contributed by atoms with E-state index in [1.807, 2.05) is 6.92 Å². The molecule has 0 spiro atoms. The van der Waals surface area contributed by atoms with Crippen LogP contribution in [0.3, 0.4) is 0 Å². The van der Waals surface area contributed by atoms with Crippen molar-refractivity contribution in [1.29, 1.82) is 0 Å². The number of hydrogen-bond acceptors (Lipinski definition) is 7. The van der Waals surface area contributed by atoms with Crippen LogP contribution in [0.25, 0.3) is 16.5 Å². The first-order chi connectivity index (χ1) is 17.5. The number of alkyl halides is 3. The van der Waals surface area contributed by atoms with Crippen molar-refractivity contribution in [1.82, 2.24) is 19.7 Å². The highest BCUT2D eigenvalue weighted by Gasteiger charge is 2.41. The Morgan fingerprint density at radius 2 is 1.95 bits per heavy atom. The zero-order valence-corrected chi connectivity index (χ0v) is 20.1. The maximum Gasteiger partial charge on any atom is 0.434 e. The van der Waals surface area contributed by atoms with Gasteiger partial charge in [0, 0.05) is 22.5 Å². The molecule has 4 heterocycles. The fourth-order valence-corrected chi connectivity index (χ4v) is 4.09. The van der Waals surface area contributed by atoms with Gasteiger partial charge in [-0.2, -0.15) is 18.3 Å². The standard InChI is InChI=1S/C23H17ClF3N9O/c1-11-8-31-36(34-11)21-16(24)7-17(12(2)32-21)33-22(37)15-9-30-35(19(15)23(25,26)27)18-10-29-20(28)14-6-4-3-5-13(14)18/h3-11H,1-2H3,(H2-,28,29,33,34,37)/p+1. The number of nitrogens with one attached hydrogen (secondary N) is 1. The number of rotatable bonds is 4. The fourth-order valence-electron chi connectivity index (χ4n) is 3.86. The van der Waals surface area contributed by atoms with Crippen LogP contribution in [-0.2, 0) is 6.18 Å². The van der Waals surface area contributed by atoms with E-state index in [0.29, 0.717) is 21.1 Å². The molecular weight excluding hydrogens is 511 g/mol. The summed E-state index contributed by atoms with van der Waals surface area (Å²) in [5, 5.41) is 15.6. The lowest BCUT2D eigenvalue weighted by Gasteiger charge is -2.15. The topological polar surface area (TPSA) is 126 Å². The molecule has 5 rings (SSSR count). The van der Waals surface area contributed by atoms with Crippen molar-refractivity contribution in [2.75, 3.05) is 11.1 Å². The number of nitrogen functional groups attached to an aromatic ring is 1. The van der Waals surface area contributed by atoms with Crippen LogP contribution in [0.4, 0.5) is 30.5 Å². The highest BCUT2D eigenvalue weighted by Crippen LogP contribution is 2.36. The number of amides is 1. The first-order valence-corrected chi connectivity index (χ1v) is 11.2. The molecule has 188 valence electrons. The van der Waals surface area contributed by atoms with Gasteiger partial charge in [0.25, 0.3) is 5.91 Å². The van der Waals surface area contributed by atoms with E-state index in [1.165, 1.54) is 17.1 Å². The lowest BCUT2D eigenvalue weighted by Crippen LogP contribution is -2.21. The van der Waals surface area contributed by atoms with Gasteiger partial charge in [-0.25, -0.2) is 9.67 Å². The molecule has 14 heteroatoms. The average molecular weight is 529 g/mol. The molecule has 3 N–H and O–H groups in total. The molecule has 37 heavy (non-hydrogen) atoms. The van der Waals surface area contributed by atoms with Crippen LogP contribution < -0.4 is 11.1 Å². The monoisotopic (exact) mass is 528 g/mol. The Balaban J connectivity index is 1.55. The summed E-state index contributed by atoms with van der Waals surface area (Å²) in [6, 6.07) is 7.79. The van der Waals surface area contributed by atoms with Gasteiger partial charge in [0.05, 0.1) is 35.5 Å². The summed E-state index contributed by atoms with van der Waals surface area (Å²) in [7, 11) is 0. The third kappa shape index (κ3) is 4.37. The average Bonchev–Trinajstić information content (AvgIpc) is 3.48. The second-order valence-corrected chi connectivity index (χ2v) is 8.59. The number of azo groups is 1. The van der Waals surface area contributed by atoms with E-state index in [0.717, 1.165) is 6.20 Å². The molecule has 0 fully saturated rings. The van der Waals surface area contributed by atoms with Gasteiger partial charge < -0.3 is 11.1 Å². The number of pyridine rings is 2. The third-order valence-corrected chi connectivity index (χ3v) is 5.86. The van der Waals surface area contributed by atoms with E-state index < -0.39 is 23.3 Å². The minimum atomic E-state index is -4.92. The van der Waals surface area contributed by atoms with Gasteiger partial charge in [-0.1, -0.05) is 46.1 Å². The van der Waals surface area contributed by atoms with Gasteiger partial charge in [-0.05, 0) is 18.0 Å². The van der Waals surface area contributed by atoms with Gasteiger partial charge in [0.1, 0.15) is 16.9 Å². The van der Waals surface area contributed by atoms with E-state index in [-0.39, 0.29) is 34.1 Å². The Morgan fingerprint density at radius 3 is 2.62 bits per heavy atom. The molecule has 3 aromatic heterocycles. The summed E-state index contributed by atoms with van der Waals surface area (Å²) in [6.07, 6.45) is -1.30. The van der Waals surface area contributed by atoms with Crippen LogP contribution in [0.5, 0.6) is 0 Å². The van der Waals surface area contributed by atoms with Crippen molar-refractivity contribution >= 4 is 51.8 Å². The van der Waals surface area contributed by atoms with E-state index in [1.54, 1.807) is 37.4 Å². The number of aryl methyl sites for hydroxylation is 1. The van der Waals surface area contributed by atoms with E-state index in [4.69, 9.17) is 17.3 Å². The second-order valence-electron chi connectivity index (χ2n) is 8.18. The number of benzene rings is 1. The second kappa shape index (κ2) is 8.92. The van der Waals surface area contributed by atoms with Crippen LogP contribution in [0.2, 0.25) is 5.02 Å². The van der Waals surface area contributed by atoms with Crippen LogP contribution in [0.15, 0.2) is 52.9 Å². The summed E-state index contributed by atoms with van der Waals surface area (Å²) < 4.78 is 43.4. The molecule has 1 amide bonds. The molecule has 4 aromatic rings. The SMILES string of the molecule is Cc1nc([N+]2=NC(C)C=N2)c(Cl)cc1NC(=O)c1cnn(-c2cnc(N)c3ccccc23)c1C(F)(F)F. The summed E-state index contributed by atoms with van der Waals surface area (Å²) in [6.45, 7) is 3.39. The molecule has 0 radical (unpaired) electrons. The van der Waals surface area contributed by atoms with E-state index >= 15 is 0 Å². The van der Waals surface area contributed by atoms with Gasteiger partial charge in [-0.15, -0.1) is 0 Å². The molecule has 1 atom stereocenters. The molecular formula is C23H18ClF3N9O+. The third-order valence-electron chi connectivity index (χ3n) is 5.58. The number of hydrazone groups is 1. The van der Waals surface area contributed by atoms with Crippen molar-refractivity contribution < 1.29 is 22.8 Å². The zero-order chi connectivity index (χ0) is 26.5. The molecule has 0 saturated carbocycles. The minimum absolute atomic E-state index is 0.0190. The van der Waals surface area contributed by atoms with Gasteiger partial charge in [-0.3, -0.25) is 4.79 Å². The maximum atomic E-state index is 14.3. The number of anilines is 2. The number of aromatic nitrogens is 4. The molecule has 1 unspecified atom stereocenters. The van der Waals surface area contributed by atoms with Crippen molar-refractivity contribution in [2.45, 2.75) is 26.1 Å². The first-order valence-electron chi connectivity index (χ1n) is 10.9. The van der Waals surface area contributed by atoms with Crippen LogP contribution in [0, 0.1) is 6.92 Å². The predicted molar refractivity (Wildman–Crippen MR) is 131 cm³/mol. The fraction of sp³-hybridized carbons (Fsp3) is 0.174. The van der Waals surface area contributed by atoms with E-state index in [9.17, 15) is 18.0 Å². The van der Waals surface area contributed by atoms with Crippen molar-refractivity contribution in [2.24, 2.45) is 10.2 Å². The summed E-state index contributed by atoms with van der Waals surface area (Å²) in [4.78, 5) is 22.6. The van der Waals surface area contributed by atoms with Crippen LogP contribution in [-0.4, -0.2) is 42.7 Å². The first kappa shape index (κ1) is 24.3. The molecule has 0 aliphatic carbocycles. The van der Waals surface area contributed by atoms with E-state index in [2.05, 4.69) is 30.6 Å². The minimum Gasteiger partial charge on any atom is -0.383 e. The molecule has 1 aromatic carbocycles. The molecule has 1 aliphatic rings. The van der Waals surface area contributed by atoms with Gasteiger partial charge in [0.2, 0.25) is 0 Å². The number of fused-ring (bicyclic) bond motifs is 1. The summed E-state index contributed by atoms with van der Waals surface area (Å²) >= 11 is 6.31. The van der Waals surface area contributed by atoms with Crippen molar-refractivity contribution in [3.05, 3.63) is 64.7 Å². The highest BCUT2D eigenvalue weighted by molar-refractivity contribution is 6.32. The summed E-state index contributed by atoms with van der Waals surface area (Å²) in [5.41, 5.74) is 4.37. The Kier molecular flexibility index (Phi) is 5.86. The van der Waals surface area contributed by atoms with Crippen LogP contribution in [0.1, 0.15) is 28.7 Å². The van der Waals surface area contributed by atoms with Gasteiger partial charge >= 0.3 is 12.0 Å². The number of halogens is 4.